The highest BCUT2D eigenvalue weighted by Crippen LogP contribution is 2.39. The Morgan fingerprint density at radius 3 is 2.86 bits per heavy atom. The minimum absolute atomic E-state index is 0.00823. The number of pyridine rings is 2. The van der Waals surface area contributed by atoms with Gasteiger partial charge in [-0.2, -0.15) is 10.4 Å². The lowest BCUT2D eigenvalue weighted by Crippen LogP contribution is -2.39. The minimum atomic E-state index is -0.342. The van der Waals surface area contributed by atoms with E-state index in [1.165, 1.54) is 12.3 Å². The van der Waals surface area contributed by atoms with E-state index in [4.69, 9.17) is 20.8 Å². The highest BCUT2D eigenvalue weighted by Gasteiger charge is 2.29. The van der Waals surface area contributed by atoms with Gasteiger partial charge in [-0.05, 0) is 56.4 Å². The summed E-state index contributed by atoms with van der Waals surface area (Å²) >= 11 is 0. The number of hydrogen-bond donors (Lipinski definition) is 3. The molecule has 6 rings (SSSR count). The molecule has 4 heterocycles. The third-order valence-electron chi connectivity index (χ3n) is 7.89. The van der Waals surface area contributed by atoms with E-state index in [1.54, 1.807) is 24.4 Å². The van der Waals surface area contributed by atoms with Gasteiger partial charge in [-0.25, -0.2) is 9.97 Å². The zero-order valence-electron chi connectivity index (χ0n) is 23.6. The van der Waals surface area contributed by atoms with Gasteiger partial charge in [0.15, 0.2) is 0 Å². The molecule has 3 aromatic heterocycles. The van der Waals surface area contributed by atoms with Crippen LogP contribution in [-0.2, 0) is 9.53 Å². The van der Waals surface area contributed by atoms with Crippen molar-refractivity contribution >= 4 is 40.4 Å². The Bertz CT molecular complexity index is 1740. The number of nitrogens with two attached hydrogens (primary N) is 1. The summed E-state index contributed by atoms with van der Waals surface area (Å²) in [7, 11) is 0. The number of ether oxygens (including phenoxy) is 1. The normalized spacial score (nSPS) is 19.8. The molecule has 11 nitrogen and oxygen atoms in total. The number of fused-ring (bicyclic) bond motifs is 3. The van der Waals surface area contributed by atoms with Gasteiger partial charge in [0, 0.05) is 41.5 Å². The van der Waals surface area contributed by atoms with Crippen LogP contribution in [0, 0.1) is 11.3 Å². The van der Waals surface area contributed by atoms with Gasteiger partial charge in [-0.3, -0.25) is 14.3 Å². The molecule has 2 aliphatic rings. The van der Waals surface area contributed by atoms with Gasteiger partial charge < -0.3 is 21.1 Å². The molecule has 4 aromatic rings. The lowest BCUT2D eigenvalue weighted by Gasteiger charge is -2.30. The van der Waals surface area contributed by atoms with E-state index in [9.17, 15) is 9.59 Å². The minimum Gasteiger partial charge on any atom is -0.383 e. The number of aromatic nitrogens is 4. The van der Waals surface area contributed by atoms with E-state index in [2.05, 4.69) is 25.3 Å². The van der Waals surface area contributed by atoms with Gasteiger partial charge in [0.05, 0.1) is 41.8 Å². The Hall–Kier alpha value is -5.08. The van der Waals surface area contributed by atoms with E-state index < -0.39 is 0 Å². The van der Waals surface area contributed by atoms with Crippen molar-refractivity contribution < 1.29 is 14.3 Å². The highest BCUT2D eigenvalue weighted by atomic mass is 16.5. The van der Waals surface area contributed by atoms with Crippen molar-refractivity contribution in [2.45, 2.75) is 50.6 Å². The number of nitrogens with one attached hydrogen (secondary N) is 2. The van der Waals surface area contributed by atoms with Crippen molar-refractivity contribution in [2.24, 2.45) is 0 Å². The molecule has 2 bridgehead atoms. The van der Waals surface area contributed by atoms with E-state index in [0.29, 0.717) is 54.5 Å². The van der Waals surface area contributed by atoms with Crippen LogP contribution in [0.3, 0.4) is 0 Å². The fourth-order valence-electron chi connectivity index (χ4n) is 5.79. The molecule has 0 spiro atoms. The van der Waals surface area contributed by atoms with Crippen molar-refractivity contribution in [1.29, 1.82) is 5.26 Å². The van der Waals surface area contributed by atoms with Crippen LogP contribution in [0.25, 0.3) is 28.2 Å². The summed E-state index contributed by atoms with van der Waals surface area (Å²) < 4.78 is 7.73. The number of carbonyl (C=O) groups is 2. The summed E-state index contributed by atoms with van der Waals surface area (Å²) in [5, 5.41) is 20.9. The van der Waals surface area contributed by atoms with Crippen LogP contribution in [-0.4, -0.2) is 50.8 Å². The quantitative estimate of drug-likeness (QED) is 0.318. The number of nitriles is 1. The molecular weight excluding hydrogens is 544 g/mol. The molecule has 2 amide bonds. The average Bonchev–Trinajstić information content (AvgIpc) is 3.43. The van der Waals surface area contributed by atoms with Gasteiger partial charge in [0.25, 0.3) is 5.91 Å². The van der Waals surface area contributed by atoms with Crippen LogP contribution in [0.15, 0.2) is 54.9 Å². The number of carbonyl (C=O) groups excluding carboxylic acids is 2. The van der Waals surface area contributed by atoms with Crippen LogP contribution in [0.5, 0.6) is 0 Å². The number of anilines is 2. The molecule has 0 unspecified atom stereocenters. The number of benzene rings is 1. The molecular formula is C32H32N8O3. The predicted molar refractivity (Wildman–Crippen MR) is 163 cm³/mol. The lowest BCUT2D eigenvalue weighted by molar-refractivity contribution is -0.123. The van der Waals surface area contributed by atoms with E-state index in [-0.39, 0.29) is 23.9 Å². The summed E-state index contributed by atoms with van der Waals surface area (Å²) in [6.07, 6.45) is 11.9. The van der Waals surface area contributed by atoms with Crippen molar-refractivity contribution in [2.75, 3.05) is 24.3 Å². The van der Waals surface area contributed by atoms with Crippen molar-refractivity contribution in [3.05, 3.63) is 71.6 Å². The number of amides is 2. The van der Waals surface area contributed by atoms with Gasteiger partial charge >= 0.3 is 0 Å². The van der Waals surface area contributed by atoms with Gasteiger partial charge in [-0.15, -0.1) is 0 Å². The number of hydrogen-bond acceptors (Lipinski definition) is 8. The second kappa shape index (κ2) is 12.4. The molecule has 11 heteroatoms. The number of rotatable bonds is 3. The zero-order valence-corrected chi connectivity index (χ0v) is 23.6. The molecule has 2 atom stereocenters. The van der Waals surface area contributed by atoms with Crippen LogP contribution in [0.2, 0.25) is 0 Å². The maximum Gasteiger partial charge on any atom is 0.256 e. The Kier molecular flexibility index (Phi) is 8.11. The van der Waals surface area contributed by atoms with E-state index in [0.717, 1.165) is 47.7 Å². The van der Waals surface area contributed by atoms with Crippen molar-refractivity contribution in [3.8, 4) is 17.3 Å². The van der Waals surface area contributed by atoms with Crippen LogP contribution in [0.1, 0.15) is 66.1 Å². The number of nitrogen functional groups attached to an aromatic ring is 1. The summed E-state index contributed by atoms with van der Waals surface area (Å²) in [5.74, 6) is 0.344. The summed E-state index contributed by atoms with van der Waals surface area (Å²) in [4.78, 5) is 34.1. The smallest absolute Gasteiger partial charge is 0.256 e. The molecule has 218 valence electrons. The fourth-order valence-corrected chi connectivity index (χ4v) is 5.79. The maximum absolute atomic E-state index is 12.9. The molecule has 1 saturated carbocycles. The maximum atomic E-state index is 12.9. The second-order valence-corrected chi connectivity index (χ2v) is 10.8. The first-order valence-corrected chi connectivity index (χ1v) is 14.5. The third-order valence-corrected chi connectivity index (χ3v) is 7.89. The topological polar surface area (TPSA) is 161 Å². The summed E-state index contributed by atoms with van der Waals surface area (Å²) in [5.41, 5.74) is 10.6. The van der Waals surface area contributed by atoms with Crippen LogP contribution < -0.4 is 16.4 Å². The molecule has 43 heavy (non-hydrogen) atoms. The van der Waals surface area contributed by atoms with Crippen molar-refractivity contribution in [1.82, 2.24) is 25.1 Å². The standard InChI is InChI=1S/C32H32N8O3/c33-18-20-11-13-35-26(16-20)38-32(42)22-9-7-21(8-10-22)29-28-30-23(19-36-31(28)34)4-1-2-14-43-15-12-27(41)37-24-5-3-6-25(17-24)40(30)39-29/h1,4,7-11,13,16,19,24-25H,2-3,5-6,12,14-15,17H2,(H2,34,36)(H,37,41)(H,35,38,42)/b4-1+/t24-,25-/m1/s1. The molecule has 1 fully saturated rings. The molecule has 1 aliphatic carbocycles. The Labute approximate surface area is 248 Å². The zero-order chi connectivity index (χ0) is 29.8. The first kappa shape index (κ1) is 28.1. The van der Waals surface area contributed by atoms with Crippen LogP contribution in [0.4, 0.5) is 11.6 Å². The van der Waals surface area contributed by atoms with E-state index >= 15 is 0 Å². The lowest BCUT2D eigenvalue weighted by atomic mass is 9.90. The first-order valence-electron chi connectivity index (χ1n) is 14.5. The van der Waals surface area contributed by atoms with Gasteiger partial charge in [-0.1, -0.05) is 24.3 Å². The molecule has 0 radical (unpaired) electrons. The second-order valence-electron chi connectivity index (χ2n) is 10.8. The third kappa shape index (κ3) is 6.10. The summed E-state index contributed by atoms with van der Waals surface area (Å²) in [6.45, 7) is 0.922. The van der Waals surface area contributed by atoms with Gasteiger partial charge in [0.1, 0.15) is 17.3 Å². The van der Waals surface area contributed by atoms with Gasteiger partial charge in [0.2, 0.25) is 5.91 Å². The monoisotopic (exact) mass is 576 g/mol. The predicted octanol–water partition coefficient (Wildman–Crippen LogP) is 4.62. The van der Waals surface area contributed by atoms with Crippen molar-refractivity contribution in [3.63, 3.8) is 0 Å². The Morgan fingerprint density at radius 1 is 1.16 bits per heavy atom. The Morgan fingerprint density at radius 2 is 2.02 bits per heavy atom. The SMILES string of the molecule is N#Cc1ccnc(NC(=O)c2ccc(-c3nn4c5c(cnc(N)c35)/C=C/CCOCCC(=O)N[C@@H]3CCC[C@@H]4C3)cc2)c1. The molecule has 1 aliphatic heterocycles. The number of nitrogens with zero attached hydrogens (tertiary/aromatic N) is 5. The molecule has 0 saturated heterocycles. The first-order chi connectivity index (χ1) is 21.0. The highest BCUT2D eigenvalue weighted by molar-refractivity contribution is 6.06. The summed E-state index contributed by atoms with van der Waals surface area (Å²) in [6, 6.07) is 12.4. The fraction of sp³-hybridized carbons (Fsp3) is 0.312. The largest absolute Gasteiger partial charge is 0.383 e. The molecule has 1 aromatic carbocycles. The van der Waals surface area contributed by atoms with E-state index in [1.807, 2.05) is 30.4 Å². The molecule has 4 N–H and O–H groups in total. The Balaban J connectivity index is 1.37. The average molecular weight is 577 g/mol. The van der Waals surface area contributed by atoms with Crippen LogP contribution >= 0.6 is 0 Å².